The lowest BCUT2D eigenvalue weighted by atomic mass is 9.75. The number of carboxylic acid groups (broad SMARTS) is 1. The number of aliphatic hydroxyl groups is 1. The van der Waals surface area contributed by atoms with Crippen molar-refractivity contribution in [2.24, 2.45) is 5.92 Å². The Morgan fingerprint density at radius 1 is 1.23 bits per heavy atom. The average Bonchev–Trinajstić information content (AvgIpc) is 2.42. The molecule has 0 bridgehead atoms. The maximum atomic E-state index is 12.0. The highest BCUT2D eigenvalue weighted by Gasteiger charge is 2.49. The van der Waals surface area contributed by atoms with Gasteiger partial charge in [-0.15, -0.1) is 0 Å². The smallest absolute Gasteiger partial charge is 0.408 e. The molecule has 0 aliphatic heterocycles. The number of hydrogen-bond donors (Lipinski definition) is 3. The van der Waals surface area contributed by atoms with E-state index in [1.165, 1.54) is 0 Å². The Bertz CT molecular complexity index is 398. The molecule has 0 aromatic rings. The molecule has 1 fully saturated rings. The van der Waals surface area contributed by atoms with E-state index < -0.39 is 29.3 Å². The maximum absolute atomic E-state index is 12.0. The summed E-state index contributed by atoms with van der Waals surface area (Å²) in [5.41, 5.74) is -2.43. The molecule has 0 aromatic carbocycles. The van der Waals surface area contributed by atoms with Crippen molar-refractivity contribution < 1.29 is 24.5 Å². The number of rotatable bonds is 5. The minimum Gasteiger partial charge on any atom is -0.479 e. The Labute approximate surface area is 132 Å². The van der Waals surface area contributed by atoms with Crippen molar-refractivity contribution in [2.45, 2.75) is 83.5 Å². The van der Waals surface area contributed by atoms with Gasteiger partial charge in [-0.2, -0.15) is 0 Å². The highest BCUT2D eigenvalue weighted by atomic mass is 16.6. The van der Waals surface area contributed by atoms with Crippen LogP contribution in [0.2, 0.25) is 0 Å². The summed E-state index contributed by atoms with van der Waals surface area (Å²) < 4.78 is 5.16. The van der Waals surface area contributed by atoms with Gasteiger partial charge in [0.05, 0.1) is 6.10 Å². The van der Waals surface area contributed by atoms with Gasteiger partial charge in [0.2, 0.25) is 0 Å². The van der Waals surface area contributed by atoms with Gasteiger partial charge in [0.1, 0.15) is 5.60 Å². The van der Waals surface area contributed by atoms with Crippen LogP contribution in [-0.4, -0.2) is 39.5 Å². The summed E-state index contributed by atoms with van der Waals surface area (Å²) in [6, 6.07) is 0. The second-order valence-electron chi connectivity index (χ2n) is 7.10. The molecule has 0 aromatic heterocycles. The fourth-order valence-electron chi connectivity index (χ4n) is 3.04. The summed E-state index contributed by atoms with van der Waals surface area (Å²) in [5, 5.41) is 22.7. The number of nitrogens with one attached hydrogen (secondary N) is 1. The van der Waals surface area contributed by atoms with Gasteiger partial charge in [0.25, 0.3) is 0 Å². The van der Waals surface area contributed by atoms with Crippen LogP contribution < -0.4 is 5.32 Å². The first-order valence-electron chi connectivity index (χ1n) is 8.05. The lowest BCUT2D eigenvalue weighted by Gasteiger charge is -2.39. The van der Waals surface area contributed by atoms with Crippen LogP contribution in [0.3, 0.4) is 0 Å². The quantitative estimate of drug-likeness (QED) is 0.725. The zero-order valence-electron chi connectivity index (χ0n) is 14.0. The fourth-order valence-corrected chi connectivity index (χ4v) is 3.04. The van der Waals surface area contributed by atoms with Gasteiger partial charge in [-0.1, -0.05) is 26.2 Å². The maximum Gasteiger partial charge on any atom is 0.408 e. The lowest BCUT2D eigenvalue weighted by molar-refractivity contribution is -0.153. The van der Waals surface area contributed by atoms with Crippen LogP contribution >= 0.6 is 0 Å². The summed E-state index contributed by atoms with van der Waals surface area (Å²) in [4.78, 5) is 23.8. The van der Waals surface area contributed by atoms with E-state index in [4.69, 9.17) is 4.74 Å². The molecule has 22 heavy (non-hydrogen) atoms. The van der Waals surface area contributed by atoms with Crippen molar-refractivity contribution in [3.05, 3.63) is 0 Å². The third-order valence-corrected chi connectivity index (χ3v) is 4.26. The number of carbonyl (C=O) groups is 2. The summed E-state index contributed by atoms with van der Waals surface area (Å²) in [7, 11) is 0. The molecule has 3 N–H and O–H groups in total. The second-order valence-corrected chi connectivity index (χ2v) is 7.10. The number of carboxylic acids is 1. The molecule has 1 aliphatic rings. The summed E-state index contributed by atoms with van der Waals surface area (Å²) >= 11 is 0. The third-order valence-electron chi connectivity index (χ3n) is 4.26. The van der Waals surface area contributed by atoms with E-state index in [1.54, 1.807) is 27.7 Å². The zero-order valence-corrected chi connectivity index (χ0v) is 14.0. The normalized spacial score (nSPS) is 20.8. The molecule has 6 heteroatoms. The van der Waals surface area contributed by atoms with E-state index in [0.29, 0.717) is 0 Å². The Kier molecular flexibility index (Phi) is 6.23. The minimum absolute atomic E-state index is 0.0965. The van der Waals surface area contributed by atoms with Gasteiger partial charge in [0, 0.05) is 0 Å². The summed E-state index contributed by atoms with van der Waals surface area (Å²) in [6.45, 7) is 6.77. The number of aliphatic carboxylic acids is 1. The third kappa shape index (κ3) is 4.60. The van der Waals surface area contributed by atoms with E-state index >= 15 is 0 Å². The molecule has 1 rings (SSSR count). The lowest BCUT2D eigenvalue weighted by Crippen LogP contribution is -2.64. The number of aliphatic hydroxyl groups excluding tert-OH is 1. The van der Waals surface area contributed by atoms with Crippen molar-refractivity contribution >= 4 is 12.1 Å². The van der Waals surface area contributed by atoms with Crippen LogP contribution in [0, 0.1) is 5.92 Å². The molecule has 1 aliphatic carbocycles. The van der Waals surface area contributed by atoms with Gasteiger partial charge >= 0.3 is 12.1 Å². The standard InChI is InChI=1S/C16H29NO5/c1-5-16(13(19)20,17-14(21)22-15(2,3)4)12(18)11-9-7-6-8-10-11/h11-12,18H,5-10H2,1-4H3,(H,17,21)(H,19,20)/t12-,16-/m0/s1. The first kappa shape index (κ1) is 18.7. The monoisotopic (exact) mass is 315 g/mol. The molecule has 0 saturated heterocycles. The van der Waals surface area contributed by atoms with Crippen molar-refractivity contribution in [3.8, 4) is 0 Å². The van der Waals surface area contributed by atoms with E-state index in [2.05, 4.69) is 5.32 Å². The predicted molar refractivity (Wildman–Crippen MR) is 82.6 cm³/mol. The van der Waals surface area contributed by atoms with Crippen molar-refractivity contribution in [3.63, 3.8) is 0 Å². The van der Waals surface area contributed by atoms with Crippen LogP contribution in [0.25, 0.3) is 0 Å². The van der Waals surface area contributed by atoms with E-state index in [9.17, 15) is 19.8 Å². The van der Waals surface area contributed by atoms with Gasteiger partial charge in [-0.05, 0) is 46.0 Å². The highest BCUT2D eigenvalue weighted by molar-refractivity contribution is 5.85. The number of amides is 1. The topological polar surface area (TPSA) is 95.9 Å². The van der Waals surface area contributed by atoms with E-state index in [-0.39, 0.29) is 12.3 Å². The van der Waals surface area contributed by atoms with Crippen LogP contribution in [-0.2, 0) is 9.53 Å². The zero-order chi connectivity index (χ0) is 17.0. The molecular formula is C16H29NO5. The molecular weight excluding hydrogens is 286 g/mol. The number of carbonyl (C=O) groups excluding carboxylic acids is 1. The van der Waals surface area contributed by atoms with Crippen LogP contribution in [0.15, 0.2) is 0 Å². The Morgan fingerprint density at radius 2 is 1.77 bits per heavy atom. The first-order chi connectivity index (χ1) is 10.1. The van der Waals surface area contributed by atoms with Gasteiger partial charge in [-0.25, -0.2) is 9.59 Å². The Morgan fingerprint density at radius 3 is 2.18 bits per heavy atom. The number of ether oxygens (including phenoxy) is 1. The Balaban J connectivity index is 2.93. The largest absolute Gasteiger partial charge is 0.479 e. The van der Waals surface area contributed by atoms with Crippen LogP contribution in [0.4, 0.5) is 4.79 Å². The SMILES string of the molecule is CC[C@@](NC(=O)OC(C)(C)C)(C(=O)O)[C@@H](O)C1CCCCC1. The molecule has 128 valence electrons. The number of alkyl carbamates (subject to hydrolysis) is 1. The van der Waals surface area contributed by atoms with E-state index in [0.717, 1.165) is 32.1 Å². The first-order valence-corrected chi connectivity index (χ1v) is 8.05. The molecule has 6 nitrogen and oxygen atoms in total. The van der Waals surface area contributed by atoms with Gasteiger partial charge in [-0.3, -0.25) is 0 Å². The molecule has 0 unspecified atom stereocenters. The molecule has 1 amide bonds. The Hall–Kier alpha value is -1.30. The molecule has 2 atom stereocenters. The predicted octanol–water partition coefficient (Wildman–Crippen LogP) is 2.69. The van der Waals surface area contributed by atoms with Crippen LogP contribution in [0.5, 0.6) is 0 Å². The molecule has 0 radical (unpaired) electrons. The van der Waals surface area contributed by atoms with E-state index in [1.807, 2.05) is 0 Å². The van der Waals surface area contributed by atoms with Crippen molar-refractivity contribution in [2.75, 3.05) is 0 Å². The fraction of sp³-hybridized carbons (Fsp3) is 0.875. The molecule has 1 saturated carbocycles. The highest BCUT2D eigenvalue weighted by Crippen LogP contribution is 2.33. The van der Waals surface area contributed by atoms with Gasteiger partial charge in [0.15, 0.2) is 5.54 Å². The van der Waals surface area contributed by atoms with Gasteiger partial charge < -0.3 is 20.3 Å². The number of hydrogen-bond acceptors (Lipinski definition) is 4. The molecule has 0 heterocycles. The van der Waals surface area contributed by atoms with Crippen LogP contribution in [0.1, 0.15) is 66.2 Å². The average molecular weight is 315 g/mol. The minimum atomic E-state index is -1.70. The van der Waals surface area contributed by atoms with Crippen molar-refractivity contribution in [1.29, 1.82) is 0 Å². The summed E-state index contributed by atoms with van der Waals surface area (Å²) in [6.07, 6.45) is 2.79. The second kappa shape index (κ2) is 7.31. The van der Waals surface area contributed by atoms with Crippen molar-refractivity contribution in [1.82, 2.24) is 5.32 Å². The summed E-state index contributed by atoms with van der Waals surface area (Å²) in [5.74, 6) is -1.33. The molecule has 0 spiro atoms.